The monoisotopic (exact) mass is 381 g/mol. The summed E-state index contributed by atoms with van der Waals surface area (Å²) in [6, 6.07) is 5.76. The van der Waals surface area contributed by atoms with Crippen LogP contribution < -0.4 is 11.1 Å². The molecule has 0 radical (unpaired) electrons. The van der Waals surface area contributed by atoms with Gasteiger partial charge in [-0.25, -0.2) is 9.97 Å². The van der Waals surface area contributed by atoms with Gasteiger partial charge in [-0.2, -0.15) is 9.50 Å². The molecule has 0 atom stereocenters. The van der Waals surface area contributed by atoms with Crippen molar-refractivity contribution in [1.29, 1.82) is 0 Å². The molecule has 0 aliphatic carbocycles. The van der Waals surface area contributed by atoms with Gasteiger partial charge in [0.1, 0.15) is 0 Å². The van der Waals surface area contributed by atoms with E-state index in [0.717, 1.165) is 37.9 Å². The van der Waals surface area contributed by atoms with Crippen molar-refractivity contribution in [3.8, 4) is 0 Å². The maximum Gasteiger partial charge on any atom is 0.254 e. The molecule has 0 saturated carbocycles. The molecular weight excluding hydrogens is 362 g/mol. The third-order valence-corrected chi connectivity index (χ3v) is 5.38. The van der Waals surface area contributed by atoms with E-state index in [2.05, 4.69) is 25.4 Å². The third-order valence-electron chi connectivity index (χ3n) is 4.45. The Morgan fingerprint density at radius 1 is 1.22 bits per heavy atom. The van der Waals surface area contributed by atoms with Crippen LogP contribution >= 0.6 is 11.3 Å². The van der Waals surface area contributed by atoms with Gasteiger partial charge in [0.25, 0.3) is 5.78 Å². The summed E-state index contributed by atoms with van der Waals surface area (Å²) in [6.07, 6.45) is 0.910. The van der Waals surface area contributed by atoms with Crippen LogP contribution in [0, 0.1) is 20.8 Å². The topological polar surface area (TPSA) is 111 Å². The molecule has 0 aliphatic rings. The van der Waals surface area contributed by atoms with Gasteiger partial charge in [-0.15, -0.1) is 16.4 Å². The summed E-state index contributed by atoms with van der Waals surface area (Å²) in [5.41, 5.74) is 10.1. The number of fused-ring (bicyclic) bond motifs is 2. The number of carbonyl (C=O) groups is 1. The van der Waals surface area contributed by atoms with Gasteiger partial charge in [-0.1, -0.05) is 0 Å². The van der Waals surface area contributed by atoms with Crippen LogP contribution in [0.15, 0.2) is 18.2 Å². The molecule has 138 valence electrons. The van der Waals surface area contributed by atoms with Gasteiger partial charge < -0.3 is 11.1 Å². The van der Waals surface area contributed by atoms with E-state index < -0.39 is 0 Å². The molecule has 0 bridgehead atoms. The minimum absolute atomic E-state index is 0.0485. The maximum absolute atomic E-state index is 12.4. The molecule has 3 N–H and O–H groups in total. The Morgan fingerprint density at radius 3 is 2.85 bits per heavy atom. The Morgan fingerprint density at radius 2 is 2.04 bits per heavy atom. The van der Waals surface area contributed by atoms with Crippen LogP contribution in [0.1, 0.15) is 28.4 Å². The summed E-state index contributed by atoms with van der Waals surface area (Å²) < 4.78 is 2.69. The van der Waals surface area contributed by atoms with Crippen LogP contribution in [0.2, 0.25) is 0 Å². The fourth-order valence-corrected chi connectivity index (χ4v) is 4.03. The zero-order valence-corrected chi connectivity index (χ0v) is 16.1. The minimum Gasteiger partial charge on any atom is -0.366 e. The van der Waals surface area contributed by atoms with Gasteiger partial charge in [-0.3, -0.25) is 4.79 Å². The molecule has 0 fully saturated rings. The highest BCUT2D eigenvalue weighted by atomic mass is 32.1. The van der Waals surface area contributed by atoms with E-state index in [4.69, 9.17) is 5.73 Å². The largest absolute Gasteiger partial charge is 0.366 e. The number of aromatic nitrogens is 5. The number of anilines is 2. The molecule has 0 spiro atoms. The first-order valence-electron chi connectivity index (χ1n) is 8.56. The number of carbonyl (C=O) groups excluding carboxylic acids is 1. The van der Waals surface area contributed by atoms with Crippen molar-refractivity contribution >= 4 is 44.9 Å². The SMILES string of the molecule is Cc1nc2ccc(NC(=O)CCc3c(C)nc4nc(N)nn4c3C)cc2s1. The van der Waals surface area contributed by atoms with Crippen LogP contribution in [0.5, 0.6) is 0 Å². The molecule has 9 heteroatoms. The van der Waals surface area contributed by atoms with Gasteiger partial charge in [0.15, 0.2) is 0 Å². The van der Waals surface area contributed by atoms with Crippen LogP contribution in [-0.2, 0) is 11.2 Å². The van der Waals surface area contributed by atoms with Gasteiger partial charge in [0.2, 0.25) is 11.9 Å². The molecule has 3 aromatic heterocycles. The number of nitrogens with one attached hydrogen (secondary N) is 1. The van der Waals surface area contributed by atoms with Crippen molar-refractivity contribution in [2.24, 2.45) is 0 Å². The molecule has 0 saturated heterocycles. The van der Waals surface area contributed by atoms with E-state index in [0.29, 0.717) is 18.6 Å². The number of rotatable bonds is 4. The lowest BCUT2D eigenvalue weighted by atomic mass is 10.1. The quantitative estimate of drug-likeness (QED) is 0.562. The van der Waals surface area contributed by atoms with Crippen molar-refractivity contribution in [3.63, 3.8) is 0 Å². The number of amides is 1. The maximum atomic E-state index is 12.4. The summed E-state index contributed by atoms with van der Waals surface area (Å²) in [5.74, 6) is 0.616. The zero-order chi connectivity index (χ0) is 19.1. The zero-order valence-electron chi connectivity index (χ0n) is 15.3. The highest BCUT2D eigenvalue weighted by molar-refractivity contribution is 7.18. The summed E-state index contributed by atoms with van der Waals surface area (Å²) in [4.78, 5) is 25.4. The molecule has 3 heterocycles. The summed E-state index contributed by atoms with van der Waals surface area (Å²) >= 11 is 1.61. The molecule has 8 nitrogen and oxygen atoms in total. The second kappa shape index (κ2) is 6.58. The van der Waals surface area contributed by atoms with Crippen molar-refractivity contribution < 1.29 is 4.79 Å². The number of thiazole rings is 1. The first-order chi connectivity index (χ1) is 12.9. The van der Waals surface area contributed by atoms with Gasteiger partial charge in [0.05, 0.1) is 15.2 Å². The fourth-order valence-electron chi connectivity index (χ4n) is 3.17. The Bertz CT molecular complexity index is 1180. The number of hydrogen-bond acceptors (Lipinski definition) is 7. The highest BCUT2D eigenvalue weighted by Crippen LogP contribution is 2.25. The van der Waals surface area contributed by atoms with Crippen LogP contribution in [-0.4, -0.2) is 30.5 Å². The van der Waals surface area contributed by atoms with E-state index >= 15 is 0 Å². The number of hydrogen-bond donors (Lipinski definition) is 2. The first kappa shape index (κ1) is 17.3. The second-order valence-corrected chi connectivity index (χ2v) is 7.64. The number of nitrogens with zero attached hydrogens (tertiary/aromatic N) is 5. The van der Waals surface area contributed by atoms with E-state index in [9.17, 15) is 4.79 Å². The lowest BCUT2D eigenvalue weighted by molar-refractivity contribution is -0.116. The normalized spacial score (nSPS) is 11.4. The van der Waals surface area contributed by atoms with E-state index in [1.807, 2.05) is 39.0 Å². The average molecular weight is 381 g/mol. The second-order valence-electron chi connectivity index (χ2n) is 6.41. The molecule has 4 aromatic rings. The smallest absolute Gasteiger partial charge is 0.254 e. The molecule has 1 aromatic carbocycles. The third kappa shape index (κ3) is 3.33. The van der Waals surface area contributed by atoms with Gasteiger partial charge in [0, 0.05) is 23.5 Å². The Hall–Kier alpha value is -3.07. The van der Waals surface area contributed by atoms with Crippen molar-refractivity contribution in [3.05, 3.63) is 40.2 Å². The standard InChI is InChI=1S/C18H19N7OS/c1-9-13(10(2)25-18(20-9)23-17(19)24-25)5-7-16(26)22-12-4-6-14-15(8-12)27-11(3)21-14/h4,6,8H,5,7H2,1-3H3,(H2,19,24)(H,22,26). The molecule has 0 unspecified atom stereocenters. The lowest BCUT2D eigenvalue weighted by Gasteiger charge is -2.10. The molecule has 1 amide bonds. The molecular formula is C18H19N7OS. The average Bonchev–Trinajstić information content (AvgIpc) is 3.15. The van der Waals surface area contributed by atoms with E-state index in [1.165, 1.54) is 0 Å². The van der Waals surface area contributed by atoms with Crippen LogP contribution in [0.4, 0.5) is 11.6 Å². The molecule has 4 rings (SSSR count). The number of nitrogens with two attached hydrogens (primary N) is 1. The van der Waals surface area contributed by atoms with Crippen molar-refractivity contribution in [2.45, 2.75) is 33.6 Å². The predicted molar refractivity (Wildman–Crippen MR) is 106 cm³/mol. The van der Waals surface area contributed by atoms with Crippen LogP contribution in [0.3, 0.4) is 0 Å². The Labute approximate surface area is 159 Å². The van der Waals surface area contributed by atoms with Crippen molar-refractivity contribution in [1.82, 2.24) is 24.6 Å². The summed E-state index contributed by atoms with van der Waals surface area (Å²) in [7, 11) is 0. The van der Waals surface area contributed by atoms with Crippen LogP contribution in [0.25, 0.3) is 16.0 Å². The lowest BCUT2D eigenvalue weighted by Crippen LogP contribution is -2.14. The summed E-state index contributed by atoms with van der Waals surface area (Å²) in [5, 5.41) is 8.12. The number of nitrogen functional groups attached to an aromatic ring is 1. The number of aryl methyl sites for hydroxylation is 3. The number of benzene rings is 1. The Balaban J connectivity index is 1.49. The van der Waals surface area contributed by atoms with Gasteiger partial charge in [-0.05, 0) is 51.0 Å². The Kier molecular flexibility index (Phi) is 4.23. The van der Waals surface area contributed by atoms with E-state index in [-0.39, 0.29) is 11.9 Å². The van der Waals surface area contributed by atoms with E-state index in [1.54, 1.807) is 15.9 Å². The predicted octanol–water partition coefficient (Wildman–Crippen LogP) is 2.81. The molecule has 27 heavy (non-hydrogen) atoms. The fraction of sp³-hybridized carbons (Fsp3) is 0.278. The summed E-state index contributed by atoms with van der Waals surface area (Å²) in [6.45, 7) is 5.81. The first-order valence-corrected chi connectivity index (χ1v) is 9.38. The molecule has 0 aliphatic heterocycles. The van der Waals surface area contributed by atoms with Gasteiger partial charge >= 0.3 is 0 Å². The van der Waals surface area contributed by atoms with Crippen molar-refractivity contribution in [2.75, 3.05) is 11.1 Å². The highest BCUT2D eigenvalue weighted by Gasteiger charge is 2.14. The minimum atomic E-state index is -0.0485.